The molecule has 8 heteroatoms. The maximum atomic E-state index is 13.6. The van der Waals surface area contributed by atoms with Crippen molar-refractivity contribution < 1.29 is 24.2 Å². The topological polar surface area (TPSA) is 98.7 Å². The van der Waals surface area contributed by atoms with Crippen LogP contribution >= 0.6 is 11.6 Å². The fourth-order valence-corrected chi connectivity index (χ4v) is 2.67. The number of hydrogen-bond donors (Lipinski definition) is 4. The number of aromatic carboxylic acids is 1. The van der Waals surface area contributed by atoms with Gasteiger partial charge in [0.25, 0.3) is 0 Å². The van der Waals surface area contributed by atoms with Crippen LogP contribution in [-0.2, 0) is 0 Å². The molecule has 0 atom stereocenters. The third kappa shape index (κ3) is 5.71. The maximum Gasteiger partial charge on any atom is 0.336 e. The van der Waals surface area contributed by atoms with Gasteiger partial charge >= 0.3 is 12.0 Å². The number of aryl methyl sites for hydroxylation is 1. The van der Waals surface area contributed by atoms with E-state index in [-0.39, 0.29) is 22.6 Å². The van der Waals surface area contributed by atoms with Crippen LogP contribution in [-0.4, -0.2) is 28.6 Å². The Kier molecular flexibility index (Phi) is 7.77. The number of carboxylic acid groups (broad SMARTS) is 1. The SMILES string of the molecule is CCl.Cc1ccc(NC(=O)Nc2cc(-c3cc(F)ccc3C(=O)O)ccc2O)cc1. The van der Waals surface area contributed by atoms with E-state index in [0.29, 0.717) is 11.3 Å². The van der Waals surface area contributed by atoms with Crippen LogP contribution in [0.2, 0.25) is 0 Å². The van der Waals surface area contributed by atoms with Crippen LogP contribution in [0.25, 0.3) is 11.1 Å². The average Bonchev–Trinajstić information content (AvgIpc) is 2.72. The highest BCUT2D eigenvalue weighted by Crippen LogP contribution is 2.32. The molecule has 0 aromatic heterocycles. The number of phenolic OH excluding ortho intramolecular Hbond substituents is 1. The molecule has 0 radical (unpaired) electrons. The van der Waals surface area contributed by atoms with Gasteiger partial charge in [0, 0.05) is 12.1 Å². The maximum absolute atomic E-state index is 13.6. The minimum Gasteiger partial charge on any atom is -0.506 e. The number of halogens is 2. The molecule has 3 aromatic carbocycles. The summed E-state index contributed by atoms with van der Waals surface area (Å²) >= 11 is 4.64. The molecule has 6 nitrogen and oxygen atoms in total. The quantitative estimate of drug-likeness (QED) is 0.315. The Hall–Kier alpha value is -3.58. The van der Waals surface area contributed by atoms with Crippen molar-refractivity contribution in [2.24, 2.45) is 0 Å². The van der Waals surface area contributed by atoms with Crippen molar-refractivity contribution in [3.05, 3.63) is 77.6 Å². The zero-order valence-electron chi connectivity index (χ0n) is 16.2. The summed E-state index contributed by atoms with van der Waals surface area (Å²) in [5, 5.41) is 24.5. The van der Waals surface area contributed by atoms with E-state index in [1.807, 2.05) is 19.1 Å². The predicted molar refractivity (Wildman–Crippen MR) is 116 cm³/mol. The molecule has 2 amide bonds. The number of benzene rings is 3. The summed E-state index contributed by atoms with van der Waals surface area (Å²) in [6.45, 7) is 1.92. The molecule has 30 heavy (non-hydrogen) atoms. The van der Waals surface area contributed by atoms with E-state index in [2.05, 4.69) is 22.2 Å². The van der Waals surface area contributed by atoms with Crippen LogP contribution in [0.15, 0.2) is 60.7 Å². The smallest absolute Gasteiger partial charge is 0.336 e. The van der Waals surface area contributed by atoms with Crippen molar-refractivity contribution in [2.75, 3.05) is 17.0 Å². The summed E-state index contributed by atoms with van der Waals surface area (Å²) in [5.74, 6) is -2.02. The first kappa shape index (κ1) is 22.7. The lowest BCUT2D eigenvalue weighted by atomic mass is 9.99. The molecular formula is C22H20ClFN2O4. The second-order valence-corrected chi connectivity index (χ2v) is 6.17. The predicted octanol–water partition coefficient (Wildman–Crippen LogP) is 5.70. The molecule has 0 aliphatic carbocycles. The normalized spacial score (nSPS) is 9.87. The van der Waals surface area contributed by atoms with Gasteiger partial charge in [0.15, 0.2) is 0 Å². The molecule has 156 valence electrons. The first-order valence-electron chi connectivity index (χ1n) is 8.72. The number of alkyl halides is 1. The first-order valence-corrected chi connectivity index (χ1v) is 9.48. The Balaban J connectivity index is 0.00000155. The fraction of sp³-hybridized carbons (Fsp3) is 0.0909. The van der Waals surface area contributed by atoms with Crippen LogP contribution in [0.3, 0.4) is 0 Å². The van der Waals surface area contributed by atoms with Crippen molar-refractivity contribution in [2.45, 2.75) is 6.92 Å². The lowest BCUT2D eigenvalue weighted by molar-refractivity contribution is 0.0697. The minimum absolute atomic E-state index is 0.0581. The van der Waals surface area contributed by atoms with Gasteiger partial charge in [-0.25, -0.2) is 14.0 Å². The number of carbonyl (C=O) groups excluding carboxylic acids is 1. The lowest BCUT2D eigenvalue weighted by Gasteiger charge is -2.12. The molecule has 0 bridgehead atoms. The van der Waals surface area contributed by atoms with Gasteiger partial charge in [-0.1, -0.05) is 23.8 Å². The Labute approximate surface area is 177 Å². The minimum atomic E-state index is -1.21. The Morgan fingerprint density at radius 2 is 1.60 bits per heavy atom. The monoisotopic (exact) mass is 430 g/mol. The van der Waals surface area contributed by atoms with Crippen molar-refractivity contribution in [1.29, 1.82) is 0 Å². The van der Waals surface area contributed by atoms with Crippen LogP contribution in [0.5, 0.6) is 5.75 Å². The molecule has 0 saturated carbocycles. The number of aromatic hydroxyl groups is 1. The Bertz CT molecular complexity index is 1060. The molecule has 0 aliphatic heterocycles. The number of amides is 2. The molecule has 0 heterocycles. The summed E-state index contributed by atoms with van der Waals surface area (Å²) in [6.07, 6.45) is 1.47. The number of rotatable bonds is 4. The van der Waals surface area contributed by atoms with E-state index in [9.17, 15) is 24.2 Å². The summed E-state index contributed by atoms with van der Waals surface area (Å²) in [5.41, 5.74) is 2.04. The van der Waals surface area contributed by atoms with Gasteiger partial charge in [0.1, 0.15) is 11.6 Å². The van der Waals surface area contributed by atoms with Crippen molar-refractivity contribution >= 4 is 35.0 Å². The molecule has 3 aromatic rings. The number of carbonyl (C=O) groups is 2. The summed E-state index contributed by atoms with van der Waals surface area (Å²) in [4.78, 5) is 23.6. The number of hydrogen-bond acceptors (Lipinski definition) is 3. The highest BCUT2D eigenvalue weighted by atomic mass is 35.5. The number of nitrogens with one attached hydrogen (secondary N) is 2. The summed E-state index contributed by atoms with van der Waals surface area (Å²) < 4.78 is 13.6. The number of anilines is 2. The molecule has 0 spiro atoms. The van der Waals surface area contributed by atoms with Crippen molar-refractivity contribution in [3.8, 4) is 16.9 Å². The van der Waals surface area contributed by atoms with Crippen LogP contribution in [0.1, 0.15) is 15.9 Å². The third-order valence-corrected chi connectivity index (χ3v) is 4.08. The third-order valence-electron chi connectivity index (χ3n) is 4.08. The van der Waals surface area contributed by atoms with Gasteiger partial charge in [-0.05, 0) is 60.5 Å². The second-order valence-electron chi connectivity index (χ2n) is 6.17. The standard InChI is InChI=1S/C21H17FN2O4.CH3Cl/c1-12-2-6-15(7-3-12)23-21(28)24-18-10-13(4-9-19(18)25)17-11-14(22)5-8-16(17)20(26)27;1-2/h2-11,25H,1H3,(H,26,27)(H2,23,24,28);1H3. The van der Waals surface area contributed by atoms with Gasteiger partial charge in [0.2, 0.25) is 0 Å². The van der Waals surface area contributed by atoms with Crippen LogP contribution in [0, 0.1) is 12.7 Å². The zero-order valence-corrected chi connectivity index (χ0v) is 17.0. The lowest BCUT2D eigenvalue weighted by Crippen LogP contribution is -2.19. The number of carboxylic acids is 1. The Morgan fingerprint density at radius 1 is 0.933 bits per heavy atom. The van der Waals surface area contributed by atoms with Crippen LogP contribution in [0.4, 0.5) is 20.6 Å². The Morgan fingerprint density at radius 3 is 2.23 bits per heavy atom. The molecule has 0 fully saturated rings. The van der Waals surface area contributed by atoms with Crippen molar-refractivity contribution in [1.82, 2.24) is 0 Å². The molecule has 3 rings (SSSR count). The highest BCUT2D eigenvalue weighted by molar-refractivity contribution is 6.15. The molecule has 4 N–H and O–H groups in total. The van der Waals surface area contributed by atoms with Gasteiger partial charge in [-0.2, -0.15) is 0 Å². The molecule has 0 saturated heterocycles. The number of urea groups is 1. The molecule has 0 aliphatic rings. The number of phenols is 1. The summed E-state index contributed by atoms with van der Waals surface area (Å²) in [7, 11) is 0. The van der Waals surface area contributed by atoms with E-state index in [4.69, 9.17) is 0 Å². The largest absolute Gasteiger partial charge is 0.506 e. The van der Waals surface area contributed by atoms with E-state index in [1.165, 1.54) is 24.6 Å². The second kappa shape index (κ2) is 10.3. The highest BCUT2D eigenvalue weighted by Gasteiger charge is 2.15. The fourth-order valence-electron chi connectivity index (χ4n) is 2.67. The average molecular weight is 431 g/mol. The molecule has 0 unspecified atom stereocenters. The van der Waals surface area contributed by atoms with Gasteiger partial charge in [-0.15, -0.1) is 11.6 Å². The van der Waals surface area contributed by atoms with Crippen molar-refractivity contribution in [3.63, 3.8) is 0 Å². The zero-order chi connectivity index (χ0) is 22.3. The van der Waals surface area contributed by atoms with Gasteiger partial charge in [0.05, 0.1) is 11.3 Å². The van der Waals surface area contributed by atoms with Gasteiger partial charge in [-0.3, -0.25) is 0 Å². The van der Waals surface area contributed by atoms with Crippen LogP contribution < -0.4 is 10.6 Å². The van der Waals surface area contributed by atoms with E-state index >= 15 is 0 Å². The van der Waals surface area contributed by atoms with E-state index in [1.54, 1.807) is 12.1 Å². The van der Waals surface area contributed by atoms with E-state index in [0.717, 1.165) is 23.8 Å². The van der Waals surface area contributed by atoms with E-state index < -0.39 is 17.8 Å². The van der Waals surface area contributed by atoms with Gasteiger partial charge < -0.3 is 20.8 Å². The summed E-state index contributed by atoms with van der Waals surface area (Å²) in [6, 6.07) is 14.0. The molecular weight excluding hydrogens is 411 g/mol. The first-order chi connectivity index (χ1) is 14.3.